The van der Waals surface area contributed by atoms with E-state index in [1.807, 2.05) is 52.8 Å². The summed E-state index contributed by atoms with van der Waals surface area (Å²) in [4.78, 5) is 3.61. The highest BCUT2D eigenvalue weighted by molar-refractivity contribution is 6.62. The average molecular weight is 302 g/mol. The van der Waals surface area contributed by atoms with Crippen LogP contribution in [0.4, 0.5) is 4.39 Å². The van der Waals surface area contributed by atoms with Gasteiger partial charge in [-0.15, -0.1) is 0 Å². The van der Waals surface area contributed by atoms with Crippen LogP contribution < -0.4 is 5.46 Å². The summed E-state index contributed by atoms with van der Waals surface area (Å²) in [6.07, 6.45) is 2.81. The molecule has 0 aliphatic carbocycles. The van der Waals surface area contributed by atoms with Crippen molar-refractivity contribution in [2.24, 2.45) is 0 Å². The summed E-state index contributed by atoms with van der Waals surface area (Å²) < 4.78 is 26.8. The quantitative estimate of drug-likeness (QED) is 0.800. The molecule has 0 amide bonds. The Bertz CT molecular complexity index is 696. The number of benzene rings is 1. The van der Waals surface area contributed by atoms with Crippen LogP contribution in [0, 0.1) is 12.9 Å². The van der Waals surface area contributed by atoms with E-state index in [4.69, 9.17) is 9.31 Å². The van der Waals surface area contributed by atoms with E-state index in [1.54, 1.807) is 4.57 Å². The van der Waals surface area contributed by atoms with Crippen molar-refractivity contribution in [1.29, 1.82) is 0 Å². The van der Waals surface area contributed by atoms with Crippen molar-refractivity contribution >= 4 is 12.6 Å². The Hall–Kier alpha value is -1.66. The van der Waals surface area contributed by atoms with Gasteiger partial charge in [-0.2, -0.15) is 4.39 Å². The minimum atomic E-state index is -0.493. The predicted octanol–water partition coefficient (Wildman–Crippen LogP) is 2.62. The fourth-order valence-electron chi connectivity index (χ4n) is 2.49. The molecule has 22 heavy (non-hydrogen) atoms. The molecule has 0 atom stereocenters. The Balaban J connectivity index is 1.91. The maximum atomic E-state index is 13.0. The van der Waals surface area contributed by atoms with Gasteiger partial charge < -0.3 is 13.9 Å². The minimum absolute atomic E-state index is 0.365. The molecule has 1 aromatic heterocycles. The molecule has 1 aromatic carbocycles. The molecule has 0 saturated carbocycles. The van der Waals surface area contributed by atoms with E-state index >= 15 is 0 Å². The molecule has 1 saturated heterocycles. The highest BCUT2D eigenvalue weighted by Crippen LogP contribution is 2.36. The summed E-state index contributed by atoms with van der Waals surface area (Å²) in [6.45, 7) is 10.1. The van der Waals surface area contributed by atoms with Crippen molar-refractivity contribution in [3.63, 3.8) is 0 Å². The SMILES string of the molecule is Cc1cc(-n2cnc(F)c2)ccc1B1OC(C)(C)C(C)(C)O1. The second-order valence-corrected chi connectivity index (χ2v) is 6.73. The van der Waals surface area contributed by atoms with Gasteiger partial charge in [0.05, 0.1) is 17.4 Å². The lowest BCUT2D eigenvalue weighted by molar-refractivity contribution is 0.00578. The zero-order chi connectivity index (χ0) is 16.1. The monoisotopic (exact) mass is 302 g/mol. The molecule has 1 fully saturated rings. The van der Waals surface area contributed by atoms with Crippen molar-refractivity contribution in [1.82, 2.24) is 9.55 Å². The number of hydrogen-bond donors (Lipinski definition) is 0. The first-order valence-electron chi connectivity index (χ1n) is 7.36. The van der Waals surface area contributed by atoms with Crippen LogP contribution in [-0.2, 0) is 9.31 Å². The van der Waals surface area contributed by atoms with Crippen LogP contribution >= 0.6 is 0 Å². The Kier molecular flexibility index (Phi) is 3.42. The molecule has 116 valence electrons. The molecule has 2 heterocycles. The van der Waals surface area contributed by atoms with E-state index in [9.17, 15) is 4.39 Å². The molecule has 1 aliphatic rings. The summed E-state index contributed by atoms with van der Waals surface area (Å²) in [5, 5.41) is 0. The molecular weight excluding hydrogens is 282 g/mol. The Morgan fingerprint density at radius 2 is 1.77 bits per heavy atom. The van der Waals surface area contributed by atoms with E-state index in [1.165, 1.54) is 12.5 Å². The highest BCUT2D eigenvalue weighted by atomic mass is 19.1. The first-order valence-corrected chi connectivity index (χ1v) is 7.36. The summed E-state index contributed by atoms with van der Waals surface area (Å²) in [6, 6.07) is 5.85. The molecule has 6 heteroatoms. The number of aryl methyl sites for hydroxylation is 1. The molecule has 0 spiro atoms. The van der Waals surface area contributed by atoms with E-state index in [-0.39, 0.29) is 11.2 Å². The van der Waals surface area contributed by atoms with Crippen molar-refractivity contribution in [2.75, 3.05) is 0 Å². The summed E-state index contributed by atoms with van der Waals surface area (Å²) in [5.41, 5.74) is 2.15. The molecule has 3 rings (SSSR count). The lowest BCUT2D eigenvalue weighted by Crippen LogP contribution is -2.41. The van der Waals surface area contributed by atoms with Crippen LogP contribution in [0.1, 0.15) is 33.3 Å². The van der Waals surface area contributed by atoms with E-state index < -0.39 is 13.1 Å². The van der Waals surface area contributed by atoms with Gasteiger partial charge in [-0.3, -0.25) is 0 Å². The third kappa shape index (κ3) is 2.46. The molecule has 2 aromatic rings. The van der Waals surface area contributed by atoms with Crippen LogP contribution in [0.15, 0.2) is 30.7 Å². The van der Waals surface area contributed by atoms with Crippen LogP contribution in [0.3, 0.4) is 0 Å². The van der Waals surface area contributed by atoms with Crippen LogP contribution in [0.2, 0.25) is 0 Å². The van der Waals surface area contributed by atoms with Crippen LogP contribution in [-0.4, -0.2) is 27.9 Å². The van der Waals surface area contributed by atoms with Crippen LogP contribution in [0.25, 0.3) is 5.69 Å². The van der Waals surface area contributed by atoms with E-state index in [0.717, 1.165) is 16.7 Å². The largest absolute Gasteiger partial charge is 0.495 e. The Labute approximate surface area is 130 Å². The van der Waals surface area contributed by atoms with Gasteiger partial charge in [0.1, 0.15) is 6.33 Å². The molecule has 4 nitrogen and oxygen atoms in total. The van der Waals surface area contributed by atoms with Gasteiger partial charge >= 0.3 is 7.12 Å². The normalized spacial score (nSPS) is 19.6. The predicted molar refractivity (Wildman–Crippen MR) is 84.0 cm³/mol. The summed E-state index contributed by atoms with van der Waals surface area (Å²) >= 11 is 0. The Morgan fingerprint density at radius 3 is 2.27 bits per heavy atom. The first kappa shape index (κ1) is 15.2. The van der Waals surface area contributed by atoms with Crippen molar-refractivity contribution in [3.05, 3.63) is 42.2 Å². The standard InChI is InChI=1S/C16H20BFN2O2/c1-11-8-12(20-9-14(18)19-10-20)6-7-13(11)17-21-15(2,3)16(4,5)22-17/h6-10H,1-5H3. The van der Waals surface area contributed by atoms with Crippen molar-refractivity contribution in [2.45, 2.75) is 45.8 Å². The number of imidazole rings is 1. The van der Waals surface area contributed by atoms with Gasteiger partial charge in [-0.05, 0) is 57.8 Å². The summed E-state index contributed by atoms with van der Waals surface area (Å²) in [5.74, 6) is -0.493. The smallest absolute Gasteiger partial charge is 0.399 e. The zero-order valence-electron chi connectivity index (χ0n) is 13.6. The van der Waals surface area contributed by atoms with Gasteiger partial charge in [-0.1, -0.05) is 6.07 Å². The zero-order valence-corrected chi connectivity index (χ0v) is 13.6. The van der Waals surface area contributed by atoms with Gasteiger partial charge in [0.15, 0.2) is 0 Å². The topological polar surface area (TPSA) is 36.3 Å². The maximum Gasteiger partial charge on any atom is 0.495 e. The number of hydrogen-bond acceptors (Lipinski definition) is 3. The third-order valence-corrected chi connectivity index (χ3v) is 4.61. The average Bonchev–Trinajstić information content (AvgIpc) is 2.91. The van der Waals surface area contributed by atoms with Crippen molar-refractivity contribution in [3.8, 4) is 5.69 Å². The van der Waals surface area contributed by atoms with Crippen molar-refractivity contribution < 1.29 is 13.7 Å². The number of halogens is 1. The second kappa shape index (κ2) is 4.93. The number of aromatic nitrogens is 2. The minimum Gasteiger partial charge on any atom is -0.399 e. The number of rotatable bonds is 2. The van der Waals surface area contributed by atoms with E-state index in [2.05, 4.69) is 4.98 Å². The van der Waals surface area contributed by atoms with Crippen LogP contribution in [0.5, 0.6) is 0 Å². The van der Waals surface area contributed by atoms with Gasteiger partial charge in [0.2, 0.25) is 5.95 Å². The fraction of sp³-hybridized carbons (Fsp3) is 0.438. The van der Waals surface area contributed by atoms with Gasteiger partial charge in [0, 0.05) is 5.69 Å². The second-order valence-electron chi connectivity index (χ2n) is 6.73. The molecule has 0 N–H and O–H groups in total. The maximum absolute atomic E-state index is 13.0. The molecule has 0 unspecified atom stereocenters. The molecule has 0 radical (unpaired) electrons. The summed E-state index contributed by atoms with van der Waals surface area (Å²) in [7, 11) is -0.390. The molecular formula is C16H20BFN2O2. The fourth-order valence-corrected chi connectivity index (χ4v) is 2.49. The molecule has 1 aliphatic heterocycles. The lowest BCUT2D eigenvalue weighted by Gasteiger charge is -2.32. The van der Waals surface area contributed by atoms with Gasteiger partial charge in [-0.25, -0.2) is 4.98 Å². The third-order valence-electron chi connectivity index (χ3n) is 4.61. The van der Waals surface area contributed by atoms with E-state index in [0.29, 0.717) is 0 Å². The number of nitrogens with zero attached hydrogens (tertiary/aromatic N) is 2. The lowest BCUT2D eigenvalue weighted by atomic mass is 9.76. The first-order chi connectivity index (χ1) is 10.2. The highest BCUT2D eigenvalue weighted by Gasteiger charge is 2.52. The molecule has 0 bridgehead atoms. The Morgan fingerprint density at radius 1 is 1.14 bits per heavy atom. The van der Waals surface area contributed by atoms with Gasteiger partial charge in [0.25, 0.3) is 0 Å².